The Morgan fingerprint density at radius 3 is 1.67 bits per heavy atom. The summed E-state index contributed by atoms with van der Waals surface area (Å²) in [6.45, 7) is 4.73. The molecule has 0 saturated heterocycles. The van der Waals surface area contributed by atoms with Crippen LogP contribution in [0, 0.1) is 0 Å². The van der Waals surface area contributed by atoms with Crippen molar-refractivity contribution in [2.24, 2.45) is 0 Å². The lowest BCUT2D eigenvalue weighted by Crippen LogP contribution is -2.15. The van der Waals surface area contributed by atoms with Gasteiger partial charge < -0.3 is 13.4 Å². The van der Waals surface area contributed by atoms with Crippen LogP contribution >= 0.6 is 0 Å². The van der Waals surface area contributed by atoms with Gasteiger partial charge in [-0.3, -0.25) is 0 Å². The first kappa shape index (κ1) is 29.7. The van der Waals surface area contributed by atoms with Crippen LogP contribution in [0.25, 0.3) is 105 Å². The van der Waals surface area contributed by atoms with E-state index in [2.05, 4.69) is 164 Å². The van der Waals surface area contributed by atoms with Gasteiger partial charge in [-0.25, -0.2) is 0 Å². The molecule has 1 aliphatic carbocycles. The smallest absolute Gasteiger partial charge is 0.135 e. The third-order valence-corrected chi connectivity index (χ3v) is 12.0. The summed E-state index contributed by atoms with van der Waals surface area (Å²) in [5.74, 6) is 0. The molecule has 0 spiro atoms. The zero-order valence-corrected chi connectivity index (χ0v) is 29.9. The molecule has 54 heavy (non-hydrogen) atoms. The fourth-order valence-corrected chi connectivity index (χ4v) is 9.44. The van der Waals surface area contributed by atoms with Gasteiger partial charge in [0, 0.05) is 43.4 Å². The van der Waals surface area contributed by atoms with Gasteiger partial charge in [0.1, 0.15) is 22.3 Å². The summed E-state index contributed by atoms with van der Waals surface area (Å²) in [5, 5.41) is 7.16. The highest BCUT2D eigenvalue weighted by Gasteiger charge is 2.38. The summed E-state index contributed by atoms with van der Waals surface area (Å²) in [6.07, 6.45) is 0. The average Bonchev–Trinajstić information content (AvgIpc) is 3.94. The zero-order valence-electron chi connectivity index (χ0n) is 29.9. The summed E-state index contributed by atoms with van der Waals surface area (Å²) >= 11 is 0. The first-order valence-electron chi connectivity index (χ1n) is 18.7. The second-order valence-electron chi connectivity index (χ2n) is 15.3. The first-order chi connectivity index (χ1) is 26.5. The summed E-state index contributed by atoms with van der Waals surface area (Å²) in [6, 6.07) is 59.3. The summed E-state index contributed by atoms with van der Waals surface area (Å²) in [4.78, 5) is 0. The zero-order chi connectivity index (χ0) is 35.7. The molecule has 0 saturated carbocycles. The second kappa shape index (κ2) is 10.6. The first-order valence-corrected chi connectivity index (χ1v) is 18.7. The van der Waals surface area contributed by atoms with Crippen molar-refractivity contribution in [1.82, 2.24) is 4.57 Å². The van der Waals surface area contributed by atoms with E-state index in [-0.39, 0.29) is 5.41 Å². The molecule has 8 aromatic carbocycles. The third kappa shape index (κ3) is 4.01. The van der Waals surface area contributed by atoms with Crippen molar-refractivity contribution in [3.63, 3.8) is 0 Å². The maximum absolute atomic E-state index is 6.34. The van der Waals surface area contributed by atoms with E-state index >= 15 is 0 Å². The van der Waals surface area contributed by atoms with Crippen molar-refractivity contribution < 1.29 is 8.83 Å². The van der Waals surface area contributed by atoms with E-state index in [0.29, 0.717) is 0 Å². The van der Waals surface area contributed by atoms with E-state index < -0.39 is 0 Å². The molecule has 0 aliphatic heterocycles. The largest absolute Gasteiger partial charge is 0.456 e. The van der Waals surface area contributed by atoms with Gasteiger partial charge in [-0.1, -0.05) is 105 Å². The van der Waals surface area contributed by atoms with Gasteiger partial charge in [0.05, 0.1) is 11.0 Å². The van der Waals surface area contributed by atoms with Crippen molar-refractivity contribution in [1.29, 1.82) is 0 Å². The second-order valence-corrected chi connectivity index (χ2v) is 15.3. The van der Waals surface area contributed by atoms with Gasteiger partial charge >= 0.3 is 0 Å². The molecule has 0 atom stereocenters. The van der Waals surface area contributed by atoms with E-state index in [0.717, 1.165) is 38.8 Å². The molecule has 0 amide bonds. The van der Waals surface area contributed by atoms with Gasteiger partial charge in [0.2, 0.25) is 0 Å². The Bertz CT molecular complexity index is 3350. The molecule has 12 rings (SSSR count). The Kier molecular flexibility index (Phi) is 5.84. The SMILES string of the molecule is CC1(C)c2cc(-c3ccc4c(c3)c3cc(-c5ccc6oc7ccccc7c6c5)ccc3n4-c3ccccc3)ccc2-c2ccc3oc4ccccc4c3c21. The highest BCUT2D eigenvalue weighted by Crippen LogP contribution is 2.54. The molecule has 3 heterocycles. The predicted octanol–water partition coefficient (Wildman–Crippen LogP) is 14.2. The van der Waals surface area contributed by atoms with Gasteiger partial charge in [-0.05, 0) is 117 Å². The van der Waals surface area contributed by atoms with E-state index in [1.54, 1.807) is 0 Å². The van der Waals surface area contributed by atoms with Crippen molar-refractivity contribution >= 4 is 65.7 Å². The standard InChI is InChI=1S/C51H33NO2/c1-51(2)42-29-33(16-20-35(42)37-21-25-48-49(50(37)51)38-13-7-9-15-46(38)54-48)31-18-23-44-40(27-31)39-26-30(17-22-43(39)52(44)34-10-4-3-5-11-34)32-19-24-47-41(28-32)36-12-6-8-14-45(36)53-47/h3-29H,1-2H3. The number of hydrogen-bond donors (Lipinski definition) is 0. The van der Waals surface area contributed by atoms with Crippen LogP contribution < -0.4 is 0 Å². The van der Waals surface area contributed by atoms with Gasteiger partial charge in [-0.15, -0.1) is 0 Å². The number of furan rings is 2. The lowest BCUT2D eigenvalue weighted by Gasteiger charge is -2.23. The molecule has 1 aliphatic rings. The predicted molar refractivity (Wildman–Crippen MR) is 224 cm³/mol. The minimum Gasteiger partial charge on any atom is -0.456 e. The molecule has 3 aromatic heterocycles. The van der Waals surface area contributed by atoms with Crippen molar-refractivity contribution in [3.8, 4) is 39.1 Å². The summed E-state index contributed by atoms with van der Waals surface area (Å²) < 4.78 is 14.9. The minimum atomic E-state index is -0.198. The lowest BCUT2D eigenvalue weighted by molar-refractivity contribution is 0.657. The summed E-state index contributed by atoms with van der Waals surface area (Å²) in [7, 11) is 0. The number of fused-ring (bicyclic) bond motifs is 13. The van der Waals surface area contributed by atoms with Crippen LogP contribution in [0.2, 0.25) is 0 Å². The molecule has 254 valence electrons. The van der Waals surface area contributed by atoms with Gasteiger partial charge in [0.25, 0.3) is 0 Å². The quantitative estimate of drug-likeness (QED) is 0.185. The molecule has 0 bridgehead atoms. The van der Waals surface area contributed by atoms with Crippen LogP contribution in [0.5, 0.6) is 0 Å². The fraction of sp³-hybridized carbons (Fsp3) is 0.0588. The molecular formula is C51H33NO2. The molecular weight excluding hydrogens is 659 g/mol. The molecule has 0 fully saturated rings. The molecule has 3 nitrogen and oxygen atoms in total. The van der Waals surface area contributed by atoms with Crippen molar-refractivity contribution in [2.75, 3.05) is 0 Å². The van der Waals surface area contributed by atoms with E-state index in [4.69, 9.17) is 8.83 Å². The van der Waals surface area contributed by atoms with Crippen LogP contribution in [0.4, 0.5) is 0 Å². The maximum Gasteiger partial charge on any atom is 0.135 e. The number of para-hydroxylation sites is 3. The van der Waals surface area contributed by atoms with E-state index in [9.17, 15) is 0 Å². The number of rotatable bonds is 3. The van der Waals surface area contributed by atoms with E-state index in [1.165, 1.54) is 77.1 Å². The Morgan fingerprint density at radius 1 is 0.407 bits per heavy atom. The Balaban J connectivity index is 1.04. The number of benzene rings is 8. The van der Waals surface area contributed by atoms with Crippen LogP contribution in [0.15, 0.2) is 173 Å². The van der Waals surface area contributed by atoms with Crippen LogP contribution in [-0.4, -0.2) is 4.57 Å². The Hall–Kier alpha value is -6.84. The molecule has 0 N–H and O–H groups in total. The highest BCUT2D eigenvalue weighted by atomic mass is 16.3. The maximum atomic E-state index is 6.34. The average molecular weight is 692 g/mol. The normalized spacial score (nSPS) is 13.5. The minimum absolute atomic E-state index is 0.198. The topological polar surface area (TPSA) is 31.2 Å². The Morgan fingerprint density at radius 2 is 0.926 bits per heavy atom. The van der Waals surface area contributed by atoms with Crippen molar-refractivity contribution in [2.45, 2.75) is 19.3 Å². The monoisotopic (exact) mass is 691 g/mol. The summed E-state index contributed by atoms with van der Waals surface area (Å²) in [5.41, 5.74) is 17.2. The number of hydrogen-bond acceptors (Lipinski definition) is 2. The fourth-order valence-electron chi connectivity index (χ4n) is 9.44. The van der Waals surface area contributed by atoms with Crippen LogP contribution in [0.1, 0.15) is 25.0 Å². The number of aromatic nitrogens is 1. The lowest BCUT2D eigenvalue weighted by atomic mass is 9.80. The molecule has 11 aromatic rings. The Labute approximate surface area is 311 Å². The highest BCUT2D eigenvalue weighted by molar-refractivity contribution is 6.13. The van der Waals surface area contributed by atoms with Gasteiger partial charge in [0.15, 0.2) is 0 Å². The van der Waals surface area contributed by atoms with Crippen molar-refractivity contribution in [3.05, 3.63) is 175 Å². The van der Waals surface area contributed by atoms with Crippen LogP contribution in [0.3, 0.4) is 0 Å². The van der Waals surface area contributed by atoms with E-state index in [1.807, 2.05) is 18.2 Å². The van der Waals surface area contributed by atoms with Crippen LogP contribution in [-0.2, 0) is 5.41 Å². The molecule has 3 heteroatoms. The van der Waals surface area contributed by atoms with Gasteiger partial charge in [-0.2, -0.15) is 0 Å². The molecule has 0 radical (unpaired) electrons. The third-order valence-electron chi connectivity index (χ3n) is 12.0. The molecule has 0 unspecified atom stereocenters. The number of nitrogens with zero attached hydrogens (tertiary/aromatic N) is 1.